The van der Waals surface area contributed by atoms with Crippen LogP contribution in [0.1, 0.15) is 43.4 Å². The van der Waals surface area contributed by atoms with Crippen LogP contribution in [0.15, 0.2) is 24.3 Å². The number of benzene rings is 1. The second-order valence-electron chi connectivity index (χ2n) is 3.65. The van der Waals surface area contributed by atoms with E-state index in [-0.39, 0.29) is 12.6 Å². The van der Waals surface area contributed by atoms with Gasteiger partial charge in [0, 0.05) is 6.04 Å². The van der Waals surface area contributed by atoms with Gasteiger partial charge in [0.15, 0.2) is 0 Å². The Morgan fingerprint density at radius 2 is 1.93 bits per heavy atom. The summed E-state index contributed by atoms with van der Waals surface area (Å²) in [6.45, 7) is 2.27. The van der Waals surface area contributed by atoms with Crippen LogP contribution in [0.3, 0.4) is 0 Å². The third-order valence-electron chi connectivity index (χ3n) is 2.46. The summed E-state index contributed by atoms with van der Waals surface area (Å²) < 4.78 is 0. The molecule has 0 saturated carbocycles. The minimum atomic E-state index is 0.102. The van der Waals surface area contributed by atoms with E-state index in [1.54, 1.807) is 0 Å². The first-order valence-corrected chi connectivity index (χ1v) is 5.23. The lowest BCUT2D eigenvalue weighted by molar-refractivity contribution is 0.282. The molecule has 0 radical (unpaired) electrons. The highest BCUT2D eigenvalue weighted by atomic mass is 16.3. The highest BCUT2D eigenvalue weighted by molar-refractivity contribution is 5.24. The first-order chi connectivity index (χ1) is 6.77. The monoisotopic (exact) mass is 193 g/mol. The molecular formula is C12H19NO. The Hall–Kier alpha value is -0.860. The number of rotatable bonds is 5. The summed E-state index contributed by atoms with van der Waals surface area (Å²) in [5.74, 6) is 0. The van der Waals surface area contributed by atoms with Gasteiger partial charge < -0.3 is 10.8 Å². The number of nitrogens with two attached hydrogens (primary N) is 1. The Bertz CT molecular complexity index is 256. The summed E-state index contributed by atoms with van der Waals surface area (Å²) in [6.07, 6.45) is 3.39. The molecule has 2 nitrogen and oxygen atoms in total. The van der Waals surface area contributed by atoms with E-state index in [9.17, 15) is 0 Å². The maximum atomic E-state index is 8.88. The third-order valence-corrected chi connectivity index (χ3v) is 2.46. The molecule has 0 amide bonds. The molecule has 0 spiro atoms. The smallest absolute Gasteiger partial charge is 0.0681 e. The number of hydrogen-bond donors (Lipinski definition) is 2. The molecule has 1 unspecified atom stereocenters. The van der Waals surface area contributed by atoms with Crippen molar-refractivity contribution in [1.82, 2.24) is 0 Å². The van der Waals surface area contributed by atoms with E-state index in [4.69, 9.17) is 10.8 Å². The average Bonchev–Trinajstić information content (AvgIpc) is 2.26. The predicted octanol–water partition coefficient (Wildman–Crippen LogP) is 2.37. The van der Waals surface area contributed by atoms with E-state index in [1.165, 1.54) is 12.8 Å². The molecule has 0 aliphatic carbocycles. The lowest BCUT2D eigenvalue weighted by Crippen LogP contribution is -2.09. The first kappa shape index (κ1) is 11.2. The van der Waals surface area contributed by atoms with Crippen LogP contribution < -0.4 is 5.73 Å². The molecular weight excluding hydrogens is 174 g/mol. The van der Waals surface area contributed by atoms with Gasteiger partial charge >= 0.3 is 0 Å². The maximum Gasteiger partial charge on any atom is 0.0681 e. The molecule has 0 heterocycles. The number of aliphatic hydroxyl groups excluding tert-OH is 1. The molecule has 0 aliphatic rings. The zero-order chi connectivity index (χ0) is 10.4. The standard InChI is InChI=1S/C12H19NO/c1-2-3-4-12(13)11-7-5-10(9-14)6-8-11/h5-8,12,14H,2-4,9,13H2,1H3. The lowest BCUT2D eigenvalue weighted by Gasteiger charge is -2.11. The van der Waals surface area contributed by atoms with Gasteiger partial charge in [-0.2, -0.15) is 0 Å². The van der Waals surface area contributed by atoms with E-state index >= 15 is 0 Å². The summed E-state index contributed by atoms with van der Waals surface area (Å²) in [5.41, 5.74) is 8.11. The van der Waals surface area contributed by atoms with Crippen molar-refractivity contribution in [3.63, 3.8) is 0 Å². The van der Waals surface area contributed by atoms with Crippen molar-refractivity contribution in [2.24, 2.45) is 5.73 Å². The maximum absolute atomic E-state index is 8.88. The van der Waals surface area contributed by atoms with Gasteiger partial charge in [0.25, 0.3) is 0 Å². The normalized spacial score (nSPS) is 12.8. The van der Waals surface area contributed by atoms with Crippen LogP contribution in [0.25, 0.3) is 0 Å². The van der Waals surface area contributed by atoms with Gasteiger partial charge in [0.1, 0.15) is 0 Å². The second-order valence-corrected chi connectivity index (χ2v) is 3.65. The lowest BCUT2D eigenvalue weighted by atomic mass is 10.0. The Balaban J connectivity index is 2.57. The summed E-state index contributed by atoms with van der Waals surface area (Å²) in [4.78, 5) is 0. The third kappa shape index (κ3) is 3.13. The van der Waals surface area contributed by atoms with Crippen LogP contribution in [0, 0.1) is 0 Å². The van der Waals surface area contributed by atoms with E-state index in [0.717, 1.165) is 17.5 Å². The summed E-state index contributed by atoms with van der Waals surface area (Å²) >= 11 is 0. The predicted molar refractivity (Wildman–Crippen MR) is 58.8 cm³/mol. The first-order valence-electron chi connectivity index (χ1n) is 5.23. The van der Waals surface area contributed by atoms with Gasteiger partial charge in [-0.1, -0.05) is 44.0 Å². The van der Waals surface area contributed by atoms with Crippen LogP contribution in [-0.2, 0) is 6.61 Å². The second kappa shape index (κ2) is 5.78. The van der Waals surface area contributed by atoms with Crippen LogP contribution in [0.5, 0.6) is 0 Å². The Kier molecular flexibility index (Phi) is 4.63. The molecule has 0 bridgehead atoms. The molecule has 1 atom stereocenters. The number of aliphatic hydroxyl groups is 1. The average molecular weight is 193 g/mol. The summed E-state index contributed by atoms with van der Waals surface area (Å²) in [6, 6.07) is 8.02. The zero-order valence-corrected chi connectivity index (χ0v) is 8.74. The highest BCUT2D eigenvalue weighted by Crippen LogP contribution is 2.17. The fraction of sp³-hybridized carbons (Fsp3) is 0.500. The van der Waals surface area contributed by atoms with Crippen molar-refractivity contribution in [3.8, 4) is 0 Å². The fourth-order valence-corrected chi connectivity index (χ4v) is 1.46. The van der Waals surface area contributed by atoms with Crippen LogP contribution in [0.4, 0.5) is 0 Å². The summed E-state index contributed by atoms with van der Waals surface area (Å²) in [5, 5.41) is 8.88. The van der Waals surface area contributed by atoms with E-state index < -0.39 is 0 Å². The van der Waals surface area contributed by atoms with Crippen LogP contribution in [-0.4, -0.2) is 5.11 Å². The van der Waals surface area contributed by atoms with Crippen molar-refractivity contribution < 1.29 is 5.11 Å². The molecule has 0 saturated heterocycles. The molecule has 0 aliphatic heterocycles. The Morgan fingerprint density at radius 3 is 2.43 bits per heavy atom. The van der Waals surface area contributed by atoms with Gasteiger partial charge in [-0.25, -0.2) is 0 Å². The molecule has 0 fully saturated rings. The molecule has 2 heteroatoms. The molecule has 1 aromatic rings. The molecule has 3 N–H and O–H groups in total. The zero-order valence-electron chi connectivity index (χ0n) is 8.74. The van der Waals surface area contributed by atoms with Gasteiger partial charge in [-0.15, -0.1) is 0 Å². The van der Waals surface area contributed by atoms with Crippen molar-refractivity contribution >= 4 is 0 Å². The van der Waals surface area contributed by atoms with Crippen molar-refractivity contribution in [1.29, 1.82) is 0 Å². The number of unbranched alkanes of at least 4 members (excludes halogenated alkanes) is 1. The van der Waals surface area contributed by atoms with Crippen molar-refractivity contribution in [2.75, 3.05) is 0 Å². The SMILES string of the molecule is CCCCC(N)c1ccc(CO)cc1. The van der Waals surface area contributed by atoms with E-state index in [0.29, 0.717) is 0 Å². The highest BCUT2D eigenvalue weighted by Gasteiger charge is 2.04. The summed E-state index contributed by atoms with van der Waals surface area (Å²) in [7, 11) is 0. The molecule has 14 heavy (non-hydrogen) atoms. The Morgan fingerprint density at radius 1 is 1.29 bits per heavy atom. The largest absolute Gasteiger partial charge is 0.392 e. The van der Waals surface area contributed by atoms with Crippen molar-refractivity contribution in [3.05, 3.63) is 35.4 Å². The molecule has 78 valence electrons. The van der Waals surface area contributed by atoms with E-state index in [2.05, 4.69) is 6.92 Å². The minimum absolute atomic E-state index is 0.102. The van der Waals surface area contributed by atoms with Gasteiger partial charge in [0.2, 0.25) is 0 Å². The molecule has 1 rings (SSSR count). The minimum Gasteiger partial charge on any atom is -0.392 e. The molecule has 1 aromatic carbocycles. The quantitative estimate of drug-likeness (QED) is 0.754. The van der Waals surface area contributed by atoms with Crippen LogP contribution >= 0.6 is 0 Å². The van der Waals surface area contributed by atoms with Gasteiger partial charge in [-0.05, 0) is 17.5 Å². The Labute approximate surface area is 85.8 Å². The van der Waals surface area contributed by atoms with Gasteiger partial charge in [-0.3, -0.25) is 0 Å². The van der Waals surface area contributed by atoms with Crippen molar-refractivity contribution in [2.45, 2.75) is 38.8 Å². The topological polar surface area (TPSA) is 46.2 Å². The molecule has 0 aromatic heterocycles. The van der Waals surface area contributed by atoms with E-state index in [1.807, 2.05) is 24.3 Å². The number of hydrogen-bond acceptors (Lipinski definition) is 2. The fourth-order valence-electron chi connectivity index (χ4n) is 1.46. The van der Waals surface area contributed by atoms with Gasteiger partial charge in [0.05, 0.1) is 6.61 Å². The van der Waals surface area contributed by atoms with Crippen LogP contribution in [0.2, 0.25) is 0 Å².